The van der Waals surface area contributed by atoms with Gasteiger partial charge in [-0.3, -0.25) is 4.79 Å². The third kappa shape index (κ3) is 3.82. The van der Waals surface area contributed by atoms with Crippen molar-refractivity contribution in [3.63, 3.8) is 0 Å². The summed E-state index contributed by atoms with van der Waals surface area (Å²) in [6.07, 6.45) is 0. The number of hydrogen-bond donors (Lipinski definition) is 2. The Morgan fingerprint density at radius 3 is 2.71 bits per heavy atom. The SMILES string of the molecule is Cc1cccc(C(=O)NCC(C)(C)CO)c1Br. The third-order valence-electron chi connectivity index (χ3n) is 2.59. The Morgan fingerprint density at radius 1 is 1.47 bits per heavy atom. The summed E-state index contributed by atoms with van der Waals surface area (Å²) in [7, 11) is 0. The van der Waals surface area contributed by atoms with E-state index in [1.54, 1.807) is 6.07 Å². The lowest BCUT2D eigenvalue weighted by molar-refractivity contribution is 0.0910. The van der Waals surface area contributed by atoms with Gasteiger partial charge in [-0.05, 0) is 34.5 Å². The number of hydrogen-bond acceptors (Lipinski definition) is 2. The van der Waals surface area contributed by atoms with Gasteiger partial charge in [0.25, 0.3) is 5.91 Å². The molecule has 3 nitrogen and oxygen atoms in total. The van der Waals surface area contributed by atoms with Crippen LogP contribution >= 0.6 is 15.9 Å². The molecule has 0 aliphatic carbocycles. The molecule has 1 aromatic rings. The third-order valence-corrected chi connectivity index (χ3v) is 3.64. The Labute approximate surface area is 110 Å². The van der Waals surface area contributed by atoms with Crippen LogP contribution in [-0.4, -0.2) is 24.2 Å². The number of aliphatic hydroxyl groups is 1. The zero-order chi connectivity index (χ0) is 13.1. The van der Waals surface area contributed by atoms with E-state index in [1.165, 1.54) is 0 Å². The summed E-state index contributed by atoms with van der Waals surface area (Å²) in [5.41, 5.74) is 1.35. The molecule has 17 heavy (non-hydrogen) atoms. The van der Waals surface area contributed by atoms with E-state index in [1.807, 2.05) is 32.9 Å². The molecule has 1 rings (SSSR count). The number of carbonyl (C=O) groups excluding carboxylic acids is 1. The quantitative estimate of drug-likeness (QED) is 0.897. The lowest BCUT2D eigenvalue weighted by Gasteiger charge is -2.22. The first-order chi connectivity index (χ1) is 7.87. The maximum atomic E-state index is 12.0. The molecule has 4 heteroatoms. The molecule has 0 heterocycles. The molecule has 0 saturated heterocycles. The fraction of sp³-hybridized carbons (Fsp3) is 0.462. The summed E-state index contributed by atoms with van der Waals surface area (Å²) >= 11 is 3.41. The summed E-state index contributed by atoms with van der Waals surface area (Å²) in [5.74, 6) is -0.123. The molecule has 0 fully saturated rings. The van der Waals surface area contributed by atoms with Crippen LogP contribution in [0.1, 0.15) is 29.8 Å². The number of halogens is 1. The minimum Gasteiger partial charge on any atom is -0.396 e. The van der Waals surface area contributed by atoms with Gasteiger partial charge >= 0.3 is 0 Å². The van der Waals surface area contributed by atoms with Gasteiger partial charge in [-0.1, -0.05) is 26.0 Å². The Bertz CT molecular complexity index is 416. The van der Waals surface area contributed by atoms with E-state index in [0.29, 0.717) is 12.1 Å². The Balaban J connectivity index is 2.74. The highest BCUT2D eigenvalue weighted by molar-refractivity contribution is 9.10. The van der Waals surface area contributed by atoms with Crippen LogP contribution in [-0.2, 0) is 0 Å². The van der Waals surface area contributed by atoms with Crippen molar-refractivity contribution < 1.29 is 9.90 Å². The van der Waals surface area contributed by atoms with Gasteiger partial charge in [0, 0.05) is 23.0 Å². The topological polar surface area (TPSA) is 49.3 Å². The number of nitrogens with one attached hydrogen (secondary N) is 1. The largest absolute Gasteiger partial charge is 0.396 e. The molecule has 2 N–H and O–H groups in total. The summed E-state index contributed by atoms with van der Waals surface area (Å²) in [5, 5.41) is 11.9. The van der Waals surface area contributed by atoms with Gasteiger partial charge in [0.05, 0.1) is 5.56 Å². The first-order valence-corrected chi connectivity index (χ1v) is 6.31. The molecule has 1 aromatic carbocycles. The van der Waals surface area contributed by atoms with E-state index in [2.05, 4.69) is 21.2 Å². The number of aryl methyl sites for hydroxylation is 1. The highest BCUT2D eigenvalue weighted by atomic mass is 79.9. The van der Waals surface area contributed by atoms with Crippen LogP contribution in [0.25, 0.3) is 0 Å². The smallest absolute Gasteiger partial charge is 0.252 e. The van der Waals surface area contributed by atoms with Crippen LogP contribution in [0.3, 0.4) is 0 Å². The second-order valence-corrected chi connectivity index (χ2v) is 5.73. The highest BCUT2D eigenvalue weighted by Crippen LogP contribution is 2.21. The van der Waals surface area contributed by atoms with Crippen molar-refractivity contribution in [3.8, 4) is 0 Å². The van der Waals surface area contributed by atoms with Crippen molar-refractivity contribution in [3.05, 3.63) is 33.8 Å². The molecule has 0 atom stereocenters. The zero-order valence-corrected chi connectivity index (χ0v) is 12.0. The first-order valence-electron chi connectivity index (χ1n) is 5.51. The summed E-state index contributed by atoms with van der Waals surface area (Å²) < 4.78 is 0.819. The van der Waals surface area contributed by atoms with Gasteiger partial charge in [-0.2, -0.15) is 0 Å². The molecule has 0 radical (unpaired) electrons. The van der Waals surface area contributed by atoms with Gasteiger partial charge in [0.2, 0.25) is 0 Å². The van der Waals surface area contributed by atoms with Crippen LogP contribution in [0.2, 0.25) is 0 Å². The van der Waals surface area contributed by atoms with E-state index in [9.17, 15) is 4.79 Å². The molecule has 0 saturated carbocycles. The van der Waals surface area contributed by atoms with Crippen molar-refractivity contribution in [2.45, 2.75) is 20.8 Å². The van der Waals surface area contributed by atoms with Crippen molar-refractivity contribution in [2.75, 3.05) is 13.2 Å². The van der Waals surface area contributed by atoms with Crippen molar-refractivity contribution in [1.29, 1.82) is 0 Å². The summed E-state index contributed by atoms with van der Waals surface area (Å²) in [6, 6.07) is 5.57. The van der Waals surface area contributed by atoms with E-state index in [0.717, 1.165) is 10.0 Å². The lowest BCUT2D eigenvalue weighted by Crippen LogP contribution is -2.36. The lowest BCUT2D eigenvalue weighted by atomic mass is 9.95. The van der Waals surface area contributed by atoms with Crippen molar-refractivity contribution in [1.82, 2.24) is 5.32 Å². The molecular formula is C13H18BrNO2. The second-order valence-electron chi connectivity index (χ2n) is 4.94. The molecule has 0 aliphatic heterocycles. The van der Waals surface area contributed by atoms with Crippen LogP contribution < -0.4 is 5.32 Å². The average molecular weight is 300 g/mol. The minimum absolute atomic E-state index is 0.0439. The van der Waals surface area contributed by atoms with Gasteiger partial charge in [0.1, 0.15) is 0 Å². The van der Waals surface area contributed by atoms with Gasteiger partial charge in [0.15, 0.2) is 0 Å². The number of benzene rings is 1. The summed E-state index contributed by atoms with van der Waals surface area (Å²) in [6.45, 7) is 6.24. The van der Waals surface area contributed by atoms with Crippen LogP contribution in [0.4, 0.5) is 0 Å². The highest BCUT2D eigenvalue weighted by Gasteiger charge is 2.19. The second kappa shape index (κ2) is 5.65. The predicted molar refractivity (Wildman–Crippen MR) is 72.1 cm³/mol. The van der Waals surface area contributed by atoms with Crippen LogP contribution in [0, 0.1) is 12.3 Å². The molecule has 94 valence electrons. The normalized spacial score (nSPS) is 11.4. The Kier molecular flexibility index (Phi) is 4.71. The number of amides is 1. The molecular weight excluding hydrogens is 282 g/mol. The molecule has 0 aliphatic rings. The van der Waals surface area contributed by atoms with E-state index >= 15 is 0 Å². The molecule has 0 unspecified atom stereocenters. The van der Waals surface area contributed by atoms with Crippen molar-refractivity contribution in [2.24, 2.45) is 5.41 Å². The zero-order valence-electron chi connectivity index (χ0n) is 10.4. The van der Waals surface area contributed by atoms with Crippen molar-refractivity contribution >= 4 is 21.8 Å². The fourth-order valence-electron chi connectivity index (χ4n) is 1.29. The average Bonchev–Trinajstić information content (AvgIpc) is 2.30. The number of carbonyl (C=O) groups is 1. The predicted octanol–water partition coefficient (Wildman–Crippen LogP) is 2.51. The molecule has 0 bridgehead atoms. The van der Waals surface area contributed by atoms with Gasteiger partial charge in [-0.25, -0.2) is 0 Å². The fourth-order valence-corrected chi connectivity index (χ4v) is 1.74. The Hall–Kier alpha value is -0.870. The van der Waals surface area contributed by atoms with Crippen LogP contribution in [0.15, 0.2) is 22.7 Å². The molecule has 0 aromatic heterocycles. The summed E-state index contributed by atoms with van der Waals surface area (Å²) in [4.78, 5) is 12.0. The maximum absolute atomic E-state index is 12.0. The van der Waals surface area contributed by atoms with Crippen LogP contribution in [0.5, 0.6) is 0 Å². The number of aliphatic hydroxyl groups excluding tert-OH is 1. The Morgan fingerprint density at radius 2 is 2.12 bits per heavy atom. The van der Waals surface area contributed by atoms with E-state index in [4.69, 9.17) is 5.11 Å². The van der Waals surface area contributed by atoms with E-state index in [-0.39, 0.29) is 17.9 Å². The standard InChI is InChI=1S/C13H18BrNO2/c1-9-5-4-6-10(11(9)14)12(17)15-7-13(2,3)8-16/h4-6,16H,7-8H2,1-3H3,(H,15,17). The first kappa shape index (κ1) is 14.2. The molecule has 0 spiro atoms. The number of rotatable bonds is 4. The van der Waals surface area contributed by atoms with Gasteiger partial charge < -0.3 is 10.4 Å². The van der Waals surface area contributed by atoms with E-state index < -0.39 is 0 Å². The van der Waals surface area contributed by atoms with Gasteiger partial charge in [-0.15, -0.1) is 0 Å². The molecule has 1 amide bonds. The maximum Gasteiger partial charge on any atom is 0.252 e. The monoisotopic (exact) mass is 299 g/mol. The minimum atomic E-state index is -0.300.